The van der Waals surface area contributed by atoms with E-state index in [-0.39, 0.29) is 11.7 Å². The van der Waals surface area contributed by atoms with E-state index in [9.17, 15) is 4.79 Å². The molecule has 1 aromatic heterocycles. The molecule has 0 amide bonds. The van der Waals surface area contributed by atoms with E-state index >= 15 is 0 Å². The summed E-state index contributed by atoms with van der Waals surface area (Å²) in [5.74, 6) is -0.0373. The predicted octanol–water partition coefficient (Wildman–Crippen LogP) is 2.88. The number of thioether (sulfide) groups is 1. The number of ether oxygens (including phenoxy) is 1. The number of carboxylic acids is 1. The maximum atomic E-state index is 10.8. The molecule has 1 aliphatic heterocycles. The van der Waals surface area contributed by atoms with Crippen molar-refractivity contribution >= 4 is 39.4 Å². The molecule has 0 saturated heterocycles. The quantitative estimate of drug-likeness (QED) is 0.706. The van der Waals surface area contributed by atoms with Crippen molar-refractivity contribution < 1.29 is 14.6 Å². The maximum absolute atomic E-state index is 10.8. The summed E-state index contributed by atoms with van der Waals surface area (Å²) in [5, 5.41) is 10.7. The molecule has 1 unspecified atom stereocenters. The van der Waals surface area contributed by atoms with Crippen molar-refractivity contribution in [3.05, 3.63) is 23.9 Å². The van der Waals surface area contributed by atoms with E-state index in [1.165, 1.54) is 11.8 Å². The van der Waals surface area contributed by atoms with E-state index < -0.39 is 5.97 Å². The van der Waals surface area contributed by atoms with Gasteiger partial charge in [-0.15, -0.1) is 0 Å². The molecule has 2 aromatic rings. The molecule has 0 fully saturated rings. The van der Waals surface area contributed by atoms with Crippen LogP contribution in [0.2, 0.25) is 0 Å². The first-order valence-electron chi connectivity index (χ1n) is 7.55. The predicted molar refractivity (Wildman–Crippen MR) is 93.5 cm³/mol. The minimum absolute atomic E-state index is 0.00490. The van der Waals surface area contributed by atoms with Crippen molar-refractivity contribution in [3.8, 4) is 5.75 Å². The van der Waals surface area contributed by atoms with E-state index in [2.05, 4.69) is 16.9 Å². The van der Waals surface area contributed by atoms with Gasteiger partial charge in [-0.05, 0) is 18.6 Å². The molecule has 1 atom stereocenters. The fourth-order valence-corrected chi connectivity index (χ4v) is 3.61. The van der Waals surface area contributed by atoms with E-state index in [1.54, 1.807) is 0 Å². The minimum Gasteiger partial charge on any atom is -0.494 e. The largest absolute Gasteiger partial charge is 0.494 e. The lowest BCUT2D eigenvalue weighted by atomic mass is 10.2. The number of aliphatic imine (C=N–C) groups is 1. The molecule has 1 aromatic carbocycles. The summed E-state index contributed by atoms with van der Waals surface area (Å²) in [4.78, 5) is 18.5. The topological polar surface area (TPSA) is 101 Å². The molecular weight excluding hydrogens is 314 g/mol. The van der Waals surface area contributed by atoms with Gasteiger partial charge in [-0.3, -0.25) is 9.79 Å². The molecule has 7 heteroatoms. The second kappa shape index (κ2) is 6.54. The molecule has 23 heavy (non-hydrogen) atoms. The Bertz CT molecular complexity index is 769. The van der Waals surface area contributed by atoms with Crippen LogP contribution in [0.15, 0.2) is 23.2 Å². The van der Waals surface area contributed by atoms with E-state index in [1.807, 2.05) is 18.2 Å². The van der Waals surface area contributed by atoms with Crippen molar-refractivity contribution in [1.82, 2.24) is 4.98 Å². The maximum Gasteiger partial charge on any atom is 0.304 e. The Labute approximate surface area is 138 Å². The Morgan fingerprint density at radius 1 is 1.52 bits per heavy atom. The number of anilines is 1. The SMILES string of the molecule is CCCOc1cc(N)c2[nH]c(C3=NCC(CC(=O)O)S3)cc2c1. The molecule has 6 nitrogen and oxygen atoms in total. The average molecular weight is 333 g/mol. The van der Waals surface area contributed by atoms with E-state index in [4.69, 9.17) is 15.6 Å². The van der Waals surface area contributed by atoms with Crippen LogP contribution in [0, 0.1) is 0 Å². The van der Waals surface area contributed by atoms with Crippen LogP contribution < -0.4 is 10.5 Å². The van der Waals surface area contributed by atoms with Crippen molar-refractivity contribution in [2.75, 3.05) is 18.9 Å². The number of hydrogen-bond donors (Lipinski definition) is 3. The van der Waals surface area contributed by atoms with Crippen LogP contribution in [-0.4, -0.2) is 39.5 Å². The summed E-state index contributed by atoms with van der Waals surface area (Å²) in [6.45, 7) is 3.24. The monoisotopic (exact) mass is 333 g/mol. The zero-order chi connectivity index (χ0) is 16.4. The highest BCUT2D eigenvalue weighted by molar-refractivity contribution is 8.15. The van der Waals surface area contributed by atoms with Gasteiger partial charge in [0.15, 0.2) is 0 Å². The molecule has 1 aliphatic rings. The van der Waals surface area contributed by atoms with Gasteiger partial charge >= 0.3 is 5.97 Å². The van der Waals surface area contributed by atoms with Gasteiger partial charge in [-0.1, -0.05) is 18.7 Å². The molecule has 0 radical (unpaired) electrons. The number of rotatable bonds is 6. The number of carboxylic acid groups (broad SMARTS) is 1. The first-order valence-corrected chi connectivity index (χ1v) is 8.43. The smallest absolute Gasteiger partial charge is 0.304 e. The lowest BCUT2D eigenvalue weighted by Crippen LogP contribution is -2.10. The fraction of sp³-hybridized carbons (Fsp3) is 0.375. The highest BCUT2D eigenvalue weighted by Gasteiger charge is 2.24. The van der Waals surface area contributed by atoms with Crippen molar-refractivity contribution in [2.45, 2.75) is 25.0 Å². The third-order valence-corrected chi connectivity index (χ3v) is 4.78. The molecule has 0 spiro atoms. The number of aromatic nitrogens is 1. The molecule has 0 bridgehead atoms. The number of H-pyrrole nitrogens is 1. The number of nitrogens with two attached hydrogens (primary N) is 1. The number of nitrogens with zero attached hydrogens (tertiary/aromatic N) is 1. The zero-order valence-corrected chi connectivity index (χ0v) is 13.7. The Hall–Kier alpha value is -2.15. The fourth-order valence-electron chi connectivity index (χ4n) is 2.53. The third-order valence-electron chi connectivity index (χ3n) is 3.55. The third kappa shape index (κ3) is 3.44. The number of nitrogens with one attached hydrogen (secondary N) is 1. The van der Waals surface area contributed by atoms with E-state index in [0.29, 0.717) is 18.8 Å². The molecule has 4 N–H and O–H groups in total. The second-order valence-corrected chi connectivity index (χ2v) is 6.78. The van der Waals surface area contributed by atoms with Crippen molar-refractivity contribution in [3.63, 3.8) is 0 Å². The number of aliphatic carboxylic acids is 1. The van der Waals surface area contributed by atoms with Crippen LogP contribution >= 0.6 is 11.8 Å². The van der Waals surface area contributed by atoms with Gasteiger partial charge < -0.3 is 20.6 Å². The lowest BCUT2D eigenvalue weighted by molar-refractivity contribution is -0.136. The highest BCUT2D eigenvalue weighted by atomic mass is 32.2. The number of carbonyl (C=O) groups is 1. The number of fused-ring (bicyclic) bond motifs is 1. The van der Waals surface area contributed by atoms with Gasteiger partial charge in [-0.25, -0.2) is 0 Å². The summed E-state index contributed by atoms with van der Waals surface area (Å²) in [6.07, 6.45) is 1.06. The first kappa shape index (κ1) is 15.7. The molecule has 2 heterocycles. The molecule has 3 rings (SSSR count). The Morgan fingerprint density at radius 2 is 2.35 bits per heavy atom. The van der Waals surface area contributed by atoms with Crippen LogP contribution in [0.25, 0.3) is 10.9 Å². The van der Waals surface area contributed by atoms with Gasteiger partial charge in [0.2, 0.25) is 0 Å². The normalized spacial score (nSPS) is 17.4. The Balaban J connectivity index is 1.83. The molecule has 122 valence electrons. The summed E-state index contributed by atoms with van der Waals surface area (Å²) in [7, 11) is 0. The standard InChI is InChI=1S/C16H19N3O3S/c1-2-3-22-10-4-9-5-13(19-15(9)12(17)6-10)16-18-8-11(23-16)7-14(20)21/h4-6,11,19H,2-3,7-8,17H2,1H3,(H,20,21). The Kier molecular flexibility index (Phi) is 4.47. The van der Waals surface area contributed by atoms with Crippen LogP contribution in [-0.2, 0) is 4.79 Å². The van der Waals surface area contributed by atoms with Gasteiger partial charge in [0.25, 0.3) is 0 Å². The zero-order valence-electron chi connectivity index (χ0n) is 12.8. The molecular formula is C16H19N3O3S. The second-order valence-electron chi connectivity index (χ2n) is 5.49. The van der Waals surface area contributed by atoms with E-state index in [0.717, 1.165) is 33.8 Å². The summed E-state index contributed by atoms with van der Waals surface area (Å²) in [5.41, 5.74) is 8.46. The van der Waals surface area contributed by atoms with Crippen molar-refractivity contribution in [2.24, 2.45) is 4.99 Å². The van der Waals surface area contributed by atoms with Gasteiger partial charge in [0.1, 0.15) is 10.8 Å². The van der Waals surface area contributed by atoms with Gasteiger partial charge in [-0.2, -0.15) is 0 Å². The van der Waals surface area contributed by atoms with Gasteiger partial charge in [0.05, 0.1) is 36.5 Å². The van der Waals surface area contributed by atoms with Crippen LogP contribution in [0.1, 0.15) is 25.5 Å². The van der Waals surface area contributed by atoms with Crippen LogP contribution in [0.3, 0.4) is 0 Å². The number of benzene rings is 1. The van der Waals surface area contributed by atoms with Crippen molar-refractivity contribution in [1.29, 1.82) is 0 Å². The highest BCUT2D eigenvalue weighted by Crippen LogP contribution is 2.32. The van der Waals surface area contributed by atoms with Gasteiger partial charge in [0, 0.05) is 16.7 Å². The number of aromatic amines is 1. The number of nitrogen functional groups attached to an aromatic ring is 1. The minimum atomic E-state index is -0.794. The summed E-state index contributed by atoms with van der Waals surface area (Å²) < 4.78 is 5.65. The average Bonchev–Trinajstić information content (AvgIpc) is 3.11. The number of hydrogen-bond acceptors (Lipinski definition) is 5. The first-order chi connectivity index (χ1) is 11.1. The lowest BCUT2D eigenvalue weighted by Gasteiger charge is -2.06. The van der Waals surface area contributed by atoms with Crippen LogP contribution in [0.5, 0.6) is 5.75 Å². The summed E-state index contributed by atoms with van der Waals surface area (Å²) in [6, 6.07) is 5.75. The summed E-state index contributed by atoms with van der Waals surface area (Å²) >= 11 is 1.50. The molecule has 0 saturated carbocycles. The van der Waals surface area contributed by atoms with Crippen LogP contribution in [0.4, 0.5) is 5.69 Å². The molecule has 0 aliphatic carbocycles. The Morgan fingerprint density at radius 3 is 3.09 bits per heavy atom.